The van der Waals surface area contributed by atoms with Crippen LogP contribution < -0.4 is 5.73 Å². The van der Waals surface area contributed by atoms with Gasteiger partial charge in [-0.25, -0.2) is 8.78 Å². The minimum Gasteiger partial charge on any atom is -0.328 e. The fourth-order valence-corrected chi connectivity index (χ4v) is 3.25. The van der Waals surface area contributed by atoms with Gasteiger partial charge in [0.15, 0.2) is 0 Å². The van der Waals surface area contributed by atoms with Gasteiger partial charge >= 0.3 is 0 Å². The molecule has 0 aromatic carbocycles. The number of halogens is 3. The van der Waals surface area contributed by atoms with Crippen molar-refractivity contribution in [2.45, 2.75) is 51.0 Å². The summed E-state index contributed by atoms with van der Waals surface area (Å²) in [6.07, 6.45) is 2.95. The quantitative estimate of drug-likeness (QED) is 0.862. The predicted molar refractivity (Wildman–Crippen MR) is 72.3 cm³/mol. The van der Waals surface area contributed by atoms with Crippen LogP contribution in [0.2, 0.25) is 0 Å². The third-order valence-electron chi connectivity index (χ3n) is 4.31. The van der Waals surface area contributed by atoms with E-state index in [0.717, 1.165) is 32.5 Å². The van der Waals surface area contributed by atoms with Crippen LogP contribution in [0.25, 0.3) is 0 Å². The highest BCUT2D eigenvalue weighted by molar-refractivity contribution is 5.85. The smallest absolute Gasteiger partial charge is 0.248 e. The highest BCUT2D eigenvalue weighted by atomic mass is 35.5. The summed E-state index contributed by atoms with van der Waals surface area (Å²) < 4.78 is 26.6. The Bertz CT molecular complexity index is 261. The van der Waals surface area contributed by atoms with E-state index in [2.05, 4.69) is 4.90 Å². The van der Waals surface area contributed by atoms with E-state index in [9.17, 15) is 8.78 Å². The molecule has 1 saturated heterocycles. The fourth-order valence-electron chi connectivity index (χ4n) is 3.25. The van der Waals surface area contributed by atoms with Crippen LogP contribution in [0.4, 0.5) is 8.78 Å². The molecule has 108 valence electrons. The van der Waals surface area contributed by atoms with Crippen molar-refractivity contribution in [1.29, 1.82) is 0 Å². The van der Waals surface area contributed by atoms with Gasteiger partial charge in [0.1, 0.15) is 0 Å². The van der Waals surface area contributed by atoms with Crippen LogP contribution in [0.1, 0.15) is 39.0 Å². The molecule has 1 aliphatic carbocycles. The van der Waals surface area contributed by atoms with Gasteiger partial charge in [0.05, 0.1) is 0 Å². The van der Waals surface area contributed by atoms with Gasteiger partial charge in [0, 0.05) is 32.0 Å². The summed E-state index contributed by atoms with van der Waals surface area (Å²) in [6.45, 7) is 4.93. The Morgan fingerprint density at radius 1 is 1.39 bits per heavy atom. The largest absolute Gasteiger partial charge is 0.328 e. The Hall–Kier alpha value is 0.0700. The third kappa shape index (κ3) is 4.32. The molecule has 5 heteroatoms. The lowest BCUT2D eigenvalue weighted by Gasteiger charge is -2.31. The summed E-state index contributed by atoms with van der Waals surface area (Å²) in [4.78, 5) is 2.33. The minimum absolute atomic E-state index is 0. The monoisotopic (exact) mass is 282 g/mol. The molecule has 3 unspecified atom stereocenters. The molecule has 2 rings (SSSR count). The van der Waals surface area contributed by atoms with Gasteiger partial charge in [-0.05, 0) is 44.6 Å². The van der Waals surface area contributed by atoms with Gasteiger partial charge in [0.2, 0.25) is 5.92 Å². The maximum Gasteiger partial charge on any atom is 0.248 e. The summed E-state index contributed by atoms with van der Waals surface area (Å²) in [5.41, 5.74) is 5.89. The van der Waals surface area contributed by atoms with E-state index in [0.29, 0.717) is 12.3 Å². The average molecular weight is 283 g/mol. The van der Waals surface area contributed by atoms with Gasteiger partial charge in [-0.15, -0.1) is 12.4 Å². The standard InChI is InChI=1S/C13H24F2N2.ClH/c1-10(16)12-4-6-17(9-12)8-11-3-2-5-13(14,15)7-11;/h10-12H,2-9,16H2,1H3;1H. The Balaban J connectivity index is 0.00000162. The molecule has 18 heavy (non-hydrogen) atoms. The molecule has 0 bridgehead atoms. The molecule has 2 fully saturated rings. The van der Waals surface area contributed by atoms with E-state index in [1.54, 1.807) is 0 Å². The van der Waals surface area contributed by atoms with Crippen molar-refractivity contribution in [3.05, 3.63) is 0 Å². The van der Waals surface area contributed by atoms with Crippen LogP contribution in [0.15, 0.2) is 0 Å². The highest BCUT2D eigenvalue weighted by Crippen LogP contribution is 2.37. The number of rotatable bonds is 3. The fraction of sp³-hybridized carbons (Fsp3) is 1.00. The van der Waals surface area contributed by atoms with Gasteiger partial charge in [-0.1, -0.05) is 0 Å². The van der Waals surface area contributed by atoms with Crippen LogP contribution in [0.5, 0.6) is 0 Å². The van der Waals surface area contributed by atoms with Crippen LogP contribution >= 0.6 is 12.4 Å². The maximum atomic E-state index is 13.3. The number of likely N-dealkylation sites (tertiary alicyclic amines) is 1. The van der Waals surface area contributed by atoms with E-state index in [4.69, 9.17) is 5.73 Å². The van der Waals surface area contributed by atoms with Gasteiger partial charge in [-0.2, -0.15) is 0 Å². The lowest BCUT2D eigenvalue weighted by Crippen LogP contribution is -2.35. The Morgan fingerprint density at radius 3 is 2.67 bits per heavy atom. The van der Waals surface area contributed by atoms with Crippen molar-refractivity contribution in [3.8, 4) is 0 Å². The van der Waals surface area contributed by atoms with Crippen molar-refractivity contribution in [2.24, 2.45) is 17.6 Å². The second-order valence-corrected chi connectivity index (χ2v) is 5.99. The summed E-state index contributed by atoms with van der Waals surface area (Å²) in [5, 5.41) is 0. The number of nitrogens with zero attached hydrogens (tertiary/aromatic N) is 1. The second kappa shape index (κ2) is 6.49. The molecule has 1 heterocycles. The molecule has 1 aliphatic heterocycles. The van der Waals surface area contributed by atoms with Gasteiger partial charge in [0.25, 0.3) is 0 Å². The number of hydrogen-bond donors (Lipinski definition) is 1. The summed E-state index contributed by atoms with van der Waals surface area (Å²) >= 11 is 0. The van der Waals surface area contributed by atoms with Crippen LogP contribution in [-0.4, -0.2) is 36.5 Å². The summed E-state index contributed by atoms with van der Waals surface area (Å²) in [5.74, 6) is -1.67. The van der Waals surface area contributed by atoms with Crippen molar-refractivity contribution < 1.29 is 8.78 Å². The second-order valence-electron chi connectivity index (χ2n) is 5.99. The van der Waals surface area contributed by atoms with Crippen molar-refractivity contribution in [2.75, 3.05) is 19.6 Å². The zero-order valence-electron chi connectivity index (χ0n) is 11.1. The minimum atomic E-state index is -2.41. The summed E-state index contributed by atoms with van der Waals surface area (Å²) in [6, 6.07) is 0.229. The van der Waals surface area contributed by atoms with E-state index in [1.807, 2.05) is 6.92 Å². The van der Waals surface area contributed by atoms with Crippen LogP contribution in [0, 0.1) is 11.8 Å². The lowest BCUT2D eigenvalue weighted by atomic mass is 9.86. The van der Waals surface area contributed by atoms with E-state index in [1.165, 1.54) is 0 Å². The number of alkyl halides is 2. The molecule has 2 nitrogen and oxygen atoms in total. The van der Waals surface area contributed by atoms with E-state index < -0.39 is 5.92 Å². The zero-order valence-corrected chi connectivity index (χ0v) is 11.9. The first-order valence-electron chi connectivity index (χ1n) is 6.82. The zero-order chi connectivity index (χ0) is 12.5. The molecule has 0 aromatic heterocycles. The van der Waals surface area contributed by atoms with Crippen LogP contribution in [0.3, 0.4) is 0 Å². The first-order valence-corrected chi connectivity index (χ1v) is 6.82. The van der Waals surface area contributed by atoms with Gasteiger partial charge in [-0.3, -0.25) is 0 Å². The van der Waals surface area contributed by atoms with E-state index in [-0.39, 0.29) is 37.2 Å². The normalized spacial score (nSPS) is 34.0. The summed E-state index contributed by atoms with van der Waals surface area (Å²) in [7, 11) is 0. The molecule has 2 aliphatic rings. The van der Waals surface area contributed by atoms with Crippen molar-refractivity contribution in [1.82, 2.24) is 4.90 Å². The Labute approximate surface area is 115 Å². The Morgan fingerprint density at radius 2 is 2.11 bits per heavy atom. The molecular weight excluding hydrogens is 258 g/mol. The third-order valence-corrected chi connectivity index (χ3v) is 4.31. The van der Waals surface area contributed by atoms with Crippen molar-refractivity contribution >= 4 is 12.4 Å². The lowest BCUT2D eigenvalue weighted by molar-refractivity contribution is -0.0562. The molecular formula is C13H25ClF2N2. The molecule has 0 amide bonds. The molecule has 0 aromatic rings. The number of nitrogens with two attached hydrogens (primary N) is 1. The van der Waals surface area contributed by atoms with E-state index >= 15 is 0 Å². The SMILES string of the molecule is CC(N)C1CCN(CC2CCCC(F)(F)C2)C1.Cl. The molecule has 3 atom stereocenters. The molecule has 0 spiro atoms. The molecule has 2 N–H and O–H groups in total. The topological polar surface area (TPSA) is 29.3 Å². The van der Waals surface area contributed by atoms with Crippen LogP contribution in [-0.2, 0) is 0 Å². The maximum absolute atomic E-state index is 13.3. The first kappa shape index (κ1) is 16.1. The number of hydrogen-bond acceptors (Lipinski definition) is 2. The first-order chi connectivity index (χ1) is 7.96. The predicted octanol–water partition coefficient (Wildman–Crippen LogP) is 2.90. The average Bonchev–Trinajstić information content (AvgIpc) is 2.64. The molecule has 0 radical (unpaired) electrons. The highest BCUT2D eigenvalue weighted by Gasteiger charge is 2.37. The Kier molecular flexibility index (Phi) is 5.81. The van der Waals surface area contributed by atoms with Crippen molar-refractivity contribution in [3.63, 3.8) is 0 Å². The molecule has 1 saturated carbocycles. The van der Waals surface area contributed by atoms with Gasteiger partial charge < -0.3 is 10.6 Å².